The summed E-state index contributed by atoms with van der Waals surface area (Å²) in [4.78, 5) is 23.2. The summed E-state index contributed by atoms with van der Waals surface area (Å²) in [5.41, 5.74) is -0.0973. The van der Waals surface area contributed by atoms with Crippen LogP contribution in [0.5, 0.6) is 11.5 Å². The number of imide groups is 1. The lowest BCUT2D eigenvalue weighted by atomic mass is 9.81. The molecule has 0 saturated carbocycles. The monoisotopic (exact) mass is 249 g/mol. The minimum atomic E-state index is -0.837. The molecule has 1 aromatic carbocycles. The number of carbonyl (C=O) groups excluding carboxylic acids is 2. The second kappa shape index (κ2) is 4.33. The zero-order chi connectivity index (χ0) is 13.3. The first-order chi connectivity index (χ1) is 8.51. The summed E-state index contributed by atoms with van der Waals surface area (Å²) in [6.07, 6.45) is 0.154. The minimum absolute atomic E-state index is 0.154. The number of methoxy groups -OCH3 is 2. The van der Waals surface area contributed by atoms with E-state index < -0.39 is 5.41 Å². The minimum Gasteiger partial charge on any atom is -0.493 e. The predicted octanol–water partition coefficient (Wildman–Crippen LogP) is 1.01. The molecular formula is C13H15NO4. The van der Waals surface area contributed by atoms with Crippen molar-refractivity contribution in [1.82, 2.24) is 5.32 Å². The molecule has 5 nitrogen and oxygen atoms in total. The van der Waals surface area contributed by atoms with Crippen LogP contribution >= 0.6 is 0 Å². The molecule has 5 heteroatoms. The van der Waals surface area contributed by atoms with Gasteiger partial charge in [0.15, 0.2) is 11.5 Å². The van der Waals surface area contributed by atoms with Crippen molar-refractivity contribution in [2.75, 3.05) is 14.2 Å². The molecule has 0 aromatic heterocycles. The summed E-state index contributed by atoms with van der Waals surface area (Å²) in [6.45, 7) is 1.74. The lowest BCUT2D eigenvalue weighted by Gasteiger charge is -2.21. The Morgan fingerprint density at radius 1 is 1.17 bits per heavy atom. The summed E-state index contributed by atoms with van der Waals surface area (Å²) in [5.74, 6) is 0.606. The molecule has 1 aliphatic rings. The normalized spacial score (nSPS) is 22.8. The standard InChI is InChI=1S/C13H15NO4/c1-13(7-11(15)14-12(13)16)8-4-5-9(17-2)10(6-8)18-3/h4-6H,7H2,1-3H3,(H,14,15,16). The summed E-state index contributed by atoms with van der Waals surface area (Å²) in [6, 6.07) is 5.24. The van der Waals surface area contributed by atoms with Crippen LogP contribution in [0.15, 0.2) is 18.2 Å². The van der Waals surface area contributed by atoms with Crippen molar-refractivity contribution < 1.29 is 19.1 Å². The van der Waals surface area contributed by atoms with Gasteiger partial charge in [-0.1, -0.05) is 6.07 Å². The van der Waals surface area contributed by atoms with E-state index in [0.717, 1.165) is 5.56 Å². The molecule has 1 aliphatic heterocycles. The van der Waals surface area contributed by atoms with E-state index in [4.69, 9.17) is 9.47 Å². The van der Waals surface area contributed by atoms with Gasteiger partial charge in [0.1, 0.15) is 0 Å². The molecule has 0 spiro atoms. The van der Waals surface area contributed by atoms with Gasteiger partial charge in [-0.25, -0.2) is 0 Å². The van der Waals surface area contributed by atoms with E-state index in [1.807, 2.05) is 0 Å². The Bertz CT molecular complexity index is 512. The highest BCUT2D eigenvalue weighted by molar-refractivity contribution is 6.08. The van der Waals surface area contributed by atoms with Gasteiger partial charge in [0.05, 0.1) is 19.6 Å². The van der Waals surface area contributed by atoms with Crippen LogP contribution in [-0.4, -0.2) is 26.0 Å². The first-order valence-corrected chi connectivity index (χ1v) is 5.58. The molecule has 2 amide bonds. The van der Waals surface area contributed by atoms with Gasteiger partial charge in [0.2, 0.25) is 11.8 Å². The van der Waals surface area contributed by atoms with Crippen LogP contribution in [0.1, 0.15) is 18.9 Å². The van der Waals surface area contributed by atoms with Crippen molar-refractivity contribution >= 4 is 11.8 Å². The zero-order valence-electron chi connectivity index (χ0n) is 10.6. The fraction of sp³-hybridized carbons (Fsp3) is 0.385. The number of rotatable bonds is 3. The Labute approximate surface area is 105 Å². The first kappa shape index (κ1) is 12.4. The van der Waals surface area contributed by atoms with Crippen molar-refractivity contribution in [2.45, 2.75) is 18.8 Å². The Hall–Kier alpha value is -2.04. The number of amides is 2. The molecular weight excluding hydrogens is 234 g/mol. The van der Waals surface area contributed by atoms with Crippen LogP contribution < -0.4 is 14.8 Å². The number of benzene rings is 1. The Balaban J connectivity index is 2.45. The van der Waals surface area contributed by atoms with Crippen LogP contribution in [0.2, 0.25) is 0 Å². The van der Waals surface area contributed by atoms with Crippen LogP contribution in [-0.2, 0) is 15.0 Å². The highest BCUT2D eigenvalue weighted by Gasteiger charge is 2.44. The van der Waals surface area contributed by atoms with Gasteiger partial charge < -0.3 is 9.47 Å². The SMILES string of the molecule is COc1ccc(C2(C)CC(=O)NC2=O)cc1OC. The van der Waals surface area contributed by atoms with Gasteiger partial charge in [-0.15, -0.1) is 0 Å². The smallest absolute Gasteiger partial charge is 0.237 e. The Morgan fingerprint density at radius 2 is 1.83 bits per heavy atom. The quantitative estimate of drug-likeness (QED) is 0.812. The topological polar surface area (TPSA) is 64.6 Å². The molecule has 1 heterocycles. The Morgan fingerprint density at radius 3 is 2.33 bits per heavy atom. The molecule has 0 aliphatic carbocycles. The fourth-order valence-corrected chi connectivity index (χ4v) is 2.12. The average molecular weight is 249 g/mol. The second-order valence-corrected chi connectivity index (χ2v) is 4.46. The Kier molecular flexibility index (Phi) is 2.98. The highest BCUT2D eigenvalue weighted by Crippen LogP contribution is 2.37. The number of hydrogen-bond acceptors (Lipinski definition) is 4. The van der Waals surface area contributed by atoms with Gasteiger partial charge in [-0.05, 0) is 24.6 Å². The van der Waals surface area contributed by atoms with E-state index in [1.165, 1.54) is 7.11 Å². The van der Waals surface area contributed by atoms with Crippen LogP contribution in [0, 0.1) is 0 Å². The molecule has 96 valence electrons. The molecule has 0 radical (unpaired) electrons. The van der Waals surface area contributed by atoms with Crippen LogP contribution in [0.3, 0.4) is 0 Å². The van der Waals surface area contributed by atoms with Crippen molar-refractivity contribution in [2.24, 2.45) is 0 Å². The third-order valence-electron chi connectivity index (χ3n) is 3.29. The van der Waals surface area contributed by atoms with Gasteiger partial charge in [0.25, 0.3) is 0 Å². The first-order valence-electron chi connectivity index (χ1n) is 5.58. The summed E-state index contributed by atoms with van der Waals surface area (Å²) in [5, 5.41) is 2.32. The zero-order valence-corrected chi connectivity index (χ0v) is 10.6. The van der Waals surface area contributed by atoms with Crippen LogP contribution in [0.25, 0.3) is 0 Å². The summed E-state index contributed by atoms with van der Waals surface area (Å²) in [7, 11) is 3.08. The maximum Gasteiger partial charge on any atom is 0.237 e. The fourth-order valence-electron chi connectivity index (χ4n) is 2.12. The molecule has 1 fully saturated rings. The lowest BCUT2D eigenvalue weighted by Crippen LogP contribution is -2.32. The number of hydrogen-bond donors (Lipinski definition) is 1. The van der Waals surface area contributed by atoms with E-state index >= 15 is 0 Å². The van der Waals surface area contributed by atoms with Gasteiger partial charge >= 0.3 is 0 Å². The van der Waals surface area contributed by atoms with E-state index in [-0.39, 0.29) is 18.2 Å². The van der Waals surface area contributed by atoms with Crippen molar-refractivity contribution in [3.05, 3.63) is 23.8 Å². The van der Waals surface area contributed by atoms with E-state index in [0.29, 0.717) is 11.5 Å². The van der Waals surface area contributed by atoms with E-state index in [9.17, 15) is 9.59 Å². The van der Waals surface area contributed by atoms with Crippen molar-refractivity contribution in [3.63, 3.8) is 0 Å². The maximum absolute atomic E-state index is 11.9. The molecule has 0 bridgehead atoms. The average Bonchev–Trinajstić information content (AvgIpc) is 2.63. The van der Waals surface area contributed by atoms with Gasteiger partial charge in [0, 0.05) is 6.42 Å². The molecule has 1 atom stereocenters. The van der Waals surface area contributed by atoms with Crippen molar-refractivity contribution in [1.29, 1.82) is 0 Å². The van der Waals surface area contributed by atoms with Gasteiger partial charge in [-0.3, -0.25) is 14.9 Å². The third kappa shape index (κ3) is 1.81. The molecule has 18 heavy (non-hydrogen) atoms. The highest BCUT2D eigenvalue weighted by atomic mass is 16.5. The predicted molar refractivity (Wildman–Crippen MR) is 64.7 cm³/mol. The van der Waals surface area contributed by atoms with Crippen LogP contribution in [0.4, 0.5) is 0 Å². The number of nitrogens with one attached hydrogen (secondary N) is 1. The van der Waals surface area contributed by atoms with Crippen molar-refractivity contribution in [3.8, 4) is 11.5 Å². The summed E-state index contributed by atoms with van der Waals surface area (Å²) < 4.78 is 10.3. The molecule has 1 saturated heterocycles. The van der Waals surface area contributed by atoms with E-state index in [1.54, 1.807) is 32.2 Å². The third-order valence-corrected chi connectivity index (χ3v) is 3.29. The molecule has 2 rings (SSSR count). The number of carbonyl (C=O) groups is 2. The van der Waals surface area contributed by atoms with E-state index in [2.05, 4.69) is 5.32 Å². The lowest BCUT2D eigenvalue weighted by molar-refractivity contribution is -0.126. The molecule has 1 N–H and O–H groups in total. The second-order valence-electron chi connectivity index (χ2n) is 4.46. The molecule has 1 unspecified atom stereocenters. The molecule has 1 aromatic rings. The summed E-state index contributed by atoms with van der Waals surface area (Å²) >= 11 is 0. The largest absolute Gasteiger partial charge is 0.493 e. The maximum atomic E-state index is 11.9. The van der Waals surface area contributed by atoms with Gasteiger partial charge in [-0.2, -0.15) is 0 Å². The number of ether oxygens (including phenoxy) is 2.